The molecule has 6 heteroatoms. The van der Waals surface area contributed by atoms with Crippen molar-refractivity contribution in [2.24, 2.45) is 0 Å². The Balaban J connectivity index is 2.22. The summed E-state index contributed by atoms with van der Waals surface area (Å²) in [5, 5.41) is 14.3. The third-order valence-corrected chi connectivity index (χ3v) is 4.49. The van der Waals surface area contributed by atoms with E-state index in [1.807, 2.05) is 35.0 Å². The van der Waals surface area contributed by atoms with Gasteiger partial charge in [-0.15, -0.1) is 0 Å². The summed E-state index contributed by atoms with van der Waals surface area (Å²) in [7, 11) is 0. The number of nitrogens with zero attached hydrogens (tertiary/aromatic N) is 2. The number of carboxylic acids is 1. The standard InChI is InChI=1S/C15H17BrN2O2S/c1-10(2)13-7-14(21-9-15(19)20)18(17-13)8-11-3-5-12(16)6-4-11/h3-7,10H,8-9H2,1-2H3,(H,19,20). The fraction of sp³-hybridized carbons (Fsp3) is 0.333. The van der Waals surface area contributed by atoms with Crippen LogP contribution in [0.15, 0.2) is 39.8 Å². The lowest BCUT2D eigenvalue weighted by molar-refractivity contribution is -0.133. The van der Waals surface area contributed by atoms with Crippen LogP contribution in [-0.2, 0) is 11.3 Å². The van der Waals surface area contributed by atoms with Crippen LogP contribution in [0.2, 0.25) is 0 Å². The third kappa shape index (κ3) is 4.61. The van der Waals surface area contributed by atoms with Gasteiger partial charge >= 0.3 is 5.97 Å². The summed E-state index contributed by atoms with van der Waals surface area (Å²) in [6.07, 6.45) is 0. The summed E-state index contributed by atoms with van der Waals surface area (Å²) in [6.45, 7) is 4.80. The summed E-state index contributed by atoms with van der Waals surface area (Å²) in [6, 6.07) is 10.0. The lowest BCUT2D eigenvalue weighted by Crippen LogP contribution is -2.06. The summed E-state index contributed by atoms with van der Waals surface area (Å²) in [5.41, 5.74) is 2.12. The van der Waals surface area contributed by atoms with Gasteiger partial charge in [0.25, 0.3) is 0 Å². The van der Waals surface area contributed by atoms with E-state index in [-0.39, 0.29) is 5.75 Å². The minimum absolute atomic E-state index is 0.0452. The van der Waals surface area contributed by atoms with Gasteiger partial charge in [-0.3, -0.25) is 9.48 Å². The van der Waals surface area contributed by atoms with Crippen molar-refractivity contribution in [3.63, 3.8) is 0 Å². The van der Waals surface area contributed by atoms with Crippen LogP contribution in [0.25, 0.3) is 0 Å². The highest BCUT2D eigenvalue weighted by Crippen LogP contribution is 2.24. The van der Waals surface area contributed by atoms with E-state index in [0.717, 1.165) is 20.8 Å². The van der Waals surface area contributed by atoms with Crippen molar-refractivity contribution >= 4 is 33.7 Å². The van der Waals surface area contributed by atoms with Crippen LogP contribution in [0.1, 0.15) is 31.0 Å². The average Bonchev–Trinajstić information content (AvgIpc) is 2.82. The molecule has 2 rings (SSSR count). The van der Waals surface area contributed by atoms with E-state index in [0.29, 0.717) is 12.5 Å². The van der Waals surface area contributed by atoms with Gasteiger partial charge in [0.1, 0.15) is 0 Å². The minimum Gasteiger partial charge on any atom is -0.481 e. The van der Waals surface area contributed by atoms with Crippen LogP contribution in [0.3, 0.4) is 0 Å². The topological polar surface area (TPSA) is 55.1 Å². The first-order valence-corrected chi connectivity index (χ1v) is 8.40. The Morgan fingerprint density at radius 3 is 2.62 bits per heavy atom. The van der Waals surface area contributed by atoms with Crippen molar-refractivity contribution in [2.75, 3.05) is 5.75 Å². The molecule has 1 aromatic heterocycles. The van der Waals surface area contributed by atoms with Gasteiger partial charge < -0.3 is 5.11 Å². The minimum atomic E-state index is -0.817. The Labute approximate surface area is 136 Å². The molecule has 21 heavy (non-hydrogen) atoms. The smallest absolute Gasteiger partial charge is 0.313 e. The maximum atomic E-state index is 10.8. The molecule has 0 aliphatic rings. The number of hydrogen-bond donors (Lipinski definition) is 1. The lowest BCUT2D eigenvalue weighted by Gasteiger charge is -2.06. The van der Waals surface area contributed by atoms with E-state index in [4.69, 9.17) is 5.11 Å². The molecule has 112 valence electrons. The summed E-state index contributed by atoms with van der Waals surface area (Å²) in [5.74, 6) is -0.452. The maximum absolute atomic E-state index is 10.8. The Morgan fingerprint density at radius 2 is 2.05 bits per heavy atom. The fourth-order valence-electron chi connectivity index (χ4n) is 1.83. The molecule has 2 aromatic rings. The molecule has 0 saturated carbocycles. The van der Waals surface area contributed by atoms with Gasteiger partial charge in [-0.2, -0.15) is 5.10 Å². The van der Waals surface area contributed by atoms with Gasteiger partial charge in [-0.1, -0.05) is 53.7 Å². The number of rotatable bonds is 6. The number of benzene rings is 1. The predicted molar refractivity (Wildman–Crippen MR) is 87.9 cm³/mol. The van der Waals surface area contributed by atoms with E-state index in [1.54, 1.807) is 0 Å². The Bertz CT molecular complexity index is 623. The molecule has 0 aliphatic heterocycles. The second-order valence-electron chi connectivity index (χ2n) is 5.03. The van der Waals surface area contributed by atoms with Crippen molar-refractivity contribution in [1.29, 1.82) is 0 Å². The number of halogens is 1. The van der Waals surface area contributed by atoms with E-state index in [1.165, 1.54) is 11.8 Å². The lowest BCUT2D eigenvalue weighted by atomic mass is 10.1. The van der Waals surface area contributed by atoms with Crippen molar-refractivity contribution in [2.45, 2.75) is 31.3 Å². The zero-order valence-electron chi connectivity index (χ0n) is 11.9. The van der Waals surface area contributed by atoms with E-state index < -0.39 is 5.97 Å². The number of aliphatic carboxylic acids is 1. The molecule has 0 amide bonds. The summed E-state index contributed by atoms with van der Waals surface area (Å²) in [4.78, 5) is 10.8. The fourth-order valence-corrected chi connectivity index (χ4v) is 2.82. The Kier molecular flexibility index (Phi) is 5.47. The first-order valence-electron chi connectivity index (χ1n) is 6.62. The van der Waals surface area contributed by atoms with Crippen molar-refractivity contribution in [1.82, 2.24) is 9.78 Å². The highest BCUT2D eigenvalue weighted by Gasteiger charge is 2.12. The quantitative estimate of drug-likeness (QED) is 0.783. The number of aromatic nitrogens is 2. The van der Waals surface area contributed by atoms with Gasteiger partial charge in [-0.05, 0) is 29.7 Å². The van der Waals surface area contributed by atoms with Crippen molar-refractivity contribution in [3.8, 4) is 0 Å². The van der Waals surface area contributed by atoms with E-state index >= 15 is 0 Å². The van der Waals surface area contributed by atoms with Crippen LogP contribution in [0, 0.1) is 0 Å². The molecule has 0 saturated heterocycles. The molecule has 0 bridgehead atoms. The SMILES string of the molecule is CC(C)c1cc(SCC(=O)O)n(Cc2ccc(Br)cc2)n1. The molecule has 0 radical (unpaired) electrons. The van der Waals surface area contributed by atoms with E-state index in [9.17, 15) is 4.79 Å². The van der Waals surface area contributed by atoms with Gasteiger partial charge in [0.05, 0.1) is 23.0 Å². The Morgan fingerprint density at radius 1 is 1.38 bits per heavy atom. The van der Waals surface area contributed by atoms with Crippen LogP contribution in [0.4, 0.5) is 0 Å². The molecule has 0 unspecified atom stereocenters. The van der Waals surface area contributed by atoms with Crippen LogP contribution >= 0.6 is 27.7 Å². The first-order chi connectivity index (χ1) is 9.95. The Hall–Kier alpha value is -1.27. The molecular formula is C15H17BrN2O2S. The zero-order valence-corrected chi connectivity index (χ0v) is 14.3. The monoisotopic (exact) mass is 368 g/mol. The second-order valence-corrected chi connectivity index (χ2v) is 6.94. The number of thioether (sulfide) groups is 1. The first kappa shape index (κ1) is 16.1. The van der Waals surface area contributed by atoms with Crippen molar-refractivity contribution in [3.05, 3.63) is 46.1 Å². The molecular weight excluding hydrogens is 352 g/mol. The predicted octanol–water partition coefficient (Wildman–Crippen LogP) is 3.99. The molecule has 0 spiro atoms. The number of carbonyl (C=O) groups is 1. The van der Waals surface area contributed by atoms with Gasteiger partial charge in [0, 0.05) is 4.47 Å². The zero-order chi connectivity index (χ0) is 15.4. The van der Waals surface area contributed by atoms with Gasteiger partial charge in [0.15, 0.2) is 0 Å². The molecule has 0 fully saturated rings. The van der Waals surface area contributed by atoms with Crippen LogP contribution in [-0.4, -0.2) is 26.6 Å². The van der Waals surface area contributed by atoms with E-state index in [2.05, 4.69) is 34.9 Å². The number of carboxylic acid groups (broad SMARTS) is 1. The highest BCUT2D eigenvalue weighted by molar-refractivity contribution is 9.10. The normalized spacial score (nSPS) is 11.0. The summed E-state index contributed by atoms with van der Waals surface area (Å²) < 4.78 is 2.92. The second kappa shape index (κ2) is 7.13. The highest BCUT2D eigenvalue weighted by atomic mass is 79.9. The van der Waals surface area contributed by atoms with Crippen LogP contribution in [0.5, 0.6) is 0 Å². The van der Waals surface area contributed by atoms with Gasteiger partial charge in [0.2, 0.25) is 0 Å². The molecule has 1 aromatic carbocycles. The number of hydrogen-bond acceptors (Lipinski definition) is 3. The largest absolute Gasteiger partial charge is 0.481 e. The average molecular weight is 369 g/mol. The molecule has 1 N–H and O–H groups in total. The summed E-state index contributed by atoms with van der Waals surface area (Å²) >= 11 is 4.72. The third-order valence-electron chi connectivity index (χ3n) is 2.94. The maximum Gasteiger partial charge on any atom is 0.313 e. The molecule has 0 aliphatic carbocycles. The molecule has 0 atom stereocenters. The van der Waals surface area contributed by atoms with Crippen molar-refractivity contribution < 1.29 is 9.90 Å². The molecule has 1 heterocycles. The van der Waals surface area contributed by atoms with Gasteiger partial charge in [-0.25, -0.2) is 0 Å². The molecule has 4 nitrogen and oxygen atoms in total. The van der Waals surface area contributed by atoms with Crippen LogP contribution < -0.4 is 0 Å².